The van der Waals surface area contributed by atoms with Gasteiger partial charge in [0.15, 0.2) is 0 Å². The second kappa shape index (κ2) is 63.3. The van der Waals surface area contributed by atoms with Crippen LogP contribution in [-0.2, 0) is 232 Å². The van der Waals surface area contributed by atoms with Crippen molar-refractivity contribution in [2.24, 2.45) is 5.41 Å². The van der Waals surface area contributed by atoms with Crippen LogP contribution in [-0.4, -0.2) is 0 Å². The van der Waals surface area contributed by atoms with E-state index >= 15 is 0 Å². The van der Waals surface area contributed by atoms with E-state index in [1.54, 1.807) is 0 Å². The smallest absolute Gasteiger partial charge is 0.584 e. The molecule has 0 heterocycles. The largest absolute Gasteiger partial charge is 2.00 e. The summed E-state index contributed by atoms with van der Waals surface area (Å²) in [6.07, 6.45) is 0. The van der Waals surface area contributed by atoms with Crippen LogP contribution in [0.2, 0.25) is 0 Å². The molecule has 0 rings (SSSR count). The first-order chi connectivity index (χ1) is 3.73. The second-order valence-corrected chi connectivity index (χ2v) is 3.00. The van der Waals surface area contributed by atoms with Crippen molar-refractivity contribution in [3.05, 3.63) is 33.6 Å². The number of rotatable bonds is 0. The van der Waals surface area contributed by atoms with Gasteiger partial charge in [-0.15, -0.1) is 0 Å². The van der Waals surface area contributed by atoms with Gasteiger partial charge in [-0.05, 0) is 0 Å². The fourth-order valence-corrected chi connectivity index (χ4v) is 0. The molecule has 0 aromatic heterocycles. The van der Waals surface area contributed by atoms with E-state index in [9.17, 15) is 0 Å². The van der Waals surface area contributed by atoms with Crippen molar-refractivity contribution in [2.75, 3.05) is 0 Å². The van der Waals surface area contributed by atoms with E-state index in [-0.39, 0.29) is 232 Å². The molecule has 0 radical (unpaired) electrons. The van der Waals surface area contributed by atoms with Crippen LogP contribution in [0, 0.1) is 39.0 Å². The molecule has 0 saturated carbocycles. The van der Waals surface area contributed by atoms with Gasteiger partial charge in [-0.1, -0.05) is 0 Å². The third-order valence-electron chi connectivity index (χ3n) is 0. The Morgan fingerprint density at radius 1 is 0.500 bits per heavy atom. The Hall–Kier alpha value is 7.57. The molecule has 0 unspecified atom stereocenters. The molecule has 0 aliphatic carbocycles. The Balaban J connectivity index is -0.00000000289. The van der Waals surface area contributed by atoms with Crippen molar-refractivity contribution in [1.29, 1.82) is 0 Å². The minimum Gasteiger partial charge on any atom is -0.584 e. The maximum absolute atomic E-state index is 3.44. The van der Waals surface area contributed by atoms with Crippen molar-refractivity contribution in [3.63, 3.8) is 0 Å². The Kier molecular flexibility index (Phi) is 290. The molecule has 122 valence electrons. The minimum absolute atomic E-state index is 0. The molecule has 0 aliphatic rings. The molecular formula is C9H17W11-3. The molecule has 0 nitrogen and oxygen atoms in total. The van der Waals surface area contributed by atoms with Gasteiger partial charge in [0.1, 0.15) is 0 Å². The van der Waals surface area contributed by atoms with Gasteiger partial charge >= 0.3 is 21.1 Å². The van der Waals surface area contributed by atoms with Crippen LogP contribution < -0.4 is 0 Å². The fourth-order valence-electron chi connectivity index (χ4n) is 0. The van der Waals surface area contributed by atoms with E-state index in [1.165, 1.54) is 5.92 Å². The predicted octanol–water partition coefficient (Wildman–Crippen LogP) is 2.90. The van der Waals surface area contributed by atoms with Crippen LogP contribution in [0.25, 0.3) is 0 Å². The summed E-state index contributed by atoms with van der Waals surface area (Å²) < 4.78 is 0. The van der Waals surface area contributed by atoms with Crippen molar-refractivity contribution >= 4 is 0 Å². The quantitative estimate of drug-likeness (QED) is 0.328. The van der Waals surface area contributed by atoms with Crippen LogP contribution >= 0.6 is 0 Å². The van der Waals surface area contributed by atoms with E-state index in [0.717, 1.165) is 0 Å². The predicted molar refractivity (Wildman–Crippen MR) is 44.1 cm³/mol. The zero-order valence-electron chi connectivity index (χ0n) is 11.3. The average molecular weight is 2150 g/mol. The summed E-state index contributed by atoms with van der Waals surface area (Å²) in [6, 6.07) is 0. The average Bonchev–Trinajstić information content (AvgIpc) is 1.19. The number of hydrogen-bond donors (Lipinski definition) is 0. The summed E-state index contributed by atoms with van der Waals surface area (Å²) in [6.45, 7) is 20.0. The summed E-state index contributed by atoms with van der Waals surface area (Å²) in [5.74, 6) is 1.42. The molecule has 0 aromatic carbocycles. The zero-order valence-corrected chi connectivity index (χ0v) is 43.6. The summed E-state index contributed by atoms with van der Waals surface area (Å²) in [4.78, 5) is 0. The molecule has 0 aromatic rings. The second-order valence-electron chi connectivity index (χ2n) is 3.00. The molecule has 0 amide bonds. The van der Waals surface area contributed by atoms with E-state index < -0.39 is 5.41 Å². The Morgan fingerprint density at radius 2 is 0.500 bits per heavy atom. The molecule has 0 atom stereocenters. The van der Waals surface area contributed by atoms with E-state index in [4.69, 9.17) is 0 Å². The SMILES string of the molecule is C[C-](C)C.[CH2-]C([CH2-])([CH2-])[CH2-].[W+2].[W].[W].[W].[W].[W].[W].[W].[W].[W].[W]. The maximum atomic E-state index is 3.44. The molecule has 0 spiro atoms. The minimum atomic E-state index is -0.500. The van der Waals surface area contributed by atoms with Crippen molar-refractivity contribution < 1.29 is 232 Å². The van der Waals surface area contributed by atoms with Crippen LogP contribution in [0.3, 0.4) is 0 Å². The Morgan fingerprint density at radius 3 is 0.500 bits per heavy atom. The van der Waals surface area contributed by atoms with Gasteiger partial charge in [-0.25, -0.2) is 0 Å². The molecule has 0 fully saturated rings. The first kappa shape index (κ1) is 91.7. The van der Waals surface area contributed by atoms with Gasteiger partial charge in [-0.2, -0.15) is 20.8 Å². The first-order valence-electron chi connectivity index (χ1n) is 2.91. The topological polar surface area (TPSA) is 0 Å². The number of hydrogen-bond acceptors (Lipinski definition) is 0. The molecule has 20 heavy (non-hydrogen) atoms. The molecule has 0 bridgehead atoms. The van der Waals surface area contributed by atoms with E-state index in [1.807, 2.05) is 0 Å². The van der Waals surface area contributed by atoms with Crippen LogP contribution in [0.5, 0.6) is 0 Å². The molecule has 11 heteroatoms. The van der Waals surface area contributed by atoms with Crippen LogP contribution in [0.15, 0.2) is 0 Å². The third kappa shape index (κ3) is 269. The van der Waals surface area contributed by atoms with E-state index in [2.05, 4.69) is 48.5 Å². The van der Waals surface area contributed by atoms with Crippen molar-refractivity contribution in [2.45, 2.75) is 20.8 Å². The molecule has 0 N–H and O–H groups in total. The monoisotopic (exact) mass is 2150 g/mol. The fraction of sp³-hybridized carbons (Fsp3) is 0.444. The molecule has 0 saturated heterocycles. The third-order valence-corrected chi connectivity index (χ3v) is 0. The first-order valence-corrected chi connectivity index (χ1v) is 2.91. The van der Waals surface area contributed by atoms with Gasteiger partial charge in [0.05, 0.1) is 0 Å². The summed E-state index contributed by atoms with van der Waals surface area (Å²) in [7, 11) is 0. The zero-order chi connectivity index (χ0) is 8.08. The van der Waals surface area contributed by atoms with Gasteiger partial charge in [0.2, 0.25) is 0 Å². The molecule has 0 aliphatic heterocycles. The normalized spacial score (nSPS) is 4.80. The van der Waals surface area contributed by atoms with Crippen molar-refractivity contribution in [3.8, 4) is 0 Å². The van der Waals surface area contributed by atoms with Gasteiger partial charge in [0.25, 0.3) is 0 Å². The van der Waals surface area contributed by atoms with Gasteiger partial charge < -0.3 is 39.0 Å². The summed E-state index contributed by atoms with van der Waals surface area (Å²) in [5, 5.41) is 0. The standard InChI is InChI=1S/C5H8.C4H9.11W/c1-5(2,3)4;1-4(2)3;;;;;;;;;;;/h1-4H2;1-3H3;;;;;;;;;;;/q-4;-1;;;;;;;;;;;+2. The molecular weight excluding hydrogens is 2130 g/mol. The Labute approximate surface area is 285 Å². The van der Waals surface area contributed by atoms with E-state index in [0.29, 0.717) is 0 Å². The van der Waals surface area contributed by atoms with Crippen LogP contribution in [0.4, 0.5) is 0 Å². The summed E-state index contributed by atoms with van der Waals surface area (Å²) in [5.41, 5.74) is -0.500. The summed E-state index contributed by atoms with van der Waals surface area (Å²) >= 11 is 0. The van der Waals surface area contributed by atoms with Gasteiger partial charge in [-0.3, -0.25) is 0 Å². The van der Waals surface area contributed by atoms with Gasteiger partial charge in [0, 0.05) is 211 Å². The Bertz CT molecular complexity index is 56.6. The maximum Gasteiger partial charge on any atom is 2.00 e. The van der Waals surface area contributed by atoms with Crippen LogP contribution in [0.1, 0.15) is 20.8 Å². The van der Waals surface area contributed by atoms with Crippen molar-refractivity contribution in [1.82, 2.24) is 0 Å².